The summed E-state index contributed by atoms with van der Waals surface area (Å²) in [6.07, 6.45) is 0.735. The van der Waals surface area contributed by atoms with Crippen molar-refractivity contribution in [3.63, 3.8) is 0 Å². The summed E-state index contributed by atoms with van der Waals surface area (Å²) in [6.45, 7) is 10.8. The molecule has 0 heterocycles. The highest BCUT2D eigenvalue weighted by Crippen LogP contribution is 2.27. The lowest BCUT2D eigenvalue weighted by atomic mass is 10.1. The Hall–Kier alpha value is -3.36. The third kappa shape index (κ3) is 7.64. The van der Waals surface area contributed by atoms with E-state index >= 15 is 0 Å². The maximum atomic E-state index is 14.0. The molecule has 0 spiro atoms. The van der Waals surface area contributed by atoms with E-state index in [1.807, 2.05) is 40.7 Å². The lowest BCUT2D eigenvalue weighted by Crippen LogP contribution is -2.52. The normalized spacial score (nSPS) is 12.9. The zero-order valence-corrected chi connectivity index (χ0v) is 25.5. The second-order valence-electron chi connectivity index (χ2n) is 10.2. The van der Waals surface area contributed by atoms with Crippen LogP contribution in [0.2, 0.25) is 5.02 Å². The Balaban J connectivity index is 2.04. The average molecular weight is 584 g/mol. The minimum atomic E-state index is -4.11. The van der Waals surface area contributed by atoms with Crippen molar-refractivity contribution in [1.82, 2.24) is 10.2 Å². The van der Waals surface area contributed by atoms with Gasteiger partial charge in [0, 0.05) is 17.6 Å². The Morgan fingerprint density at radius 2 is 1.52 bits per heavy atom. The molecule has 0 saturated carbocycles. The second kappa shape index (κ2) is 13.3. The smallest absolute Gasteiger partial charge is 0.264 e. The number of nitrogens with zero attached hydrogens (tertiary/aromatic N) is 2. The number of nitrogens with one attached hydrogen (secondary N) is 1. The molecular weight excluding hydrogens is 546 g/mol. The van der Waals surface area contributed by atoms with Crippen molar-refractivity contribution in [2.45, 2.75) is 71.5 Å². The first-order chi connectivity index (χ1) is 18.8. The topological polar surface area (TPSA) is 86.8 Å². The Morgan fingerprint density at radius 1 is 0.900 bits per heavy atom. The fourth-order valence-corrected chi connectivity index (χ4v) is 5.61. The lowest BCUT2D eigenvalue weighted by molar-refractivity contribution is -0.139. The van der Waals surface area contributed by atoms with Crippen LogP contribution in [0.4, 0.5) is 5.69 Å². The molecule has 214 valence electrons. The van der Waals surface area contributed by atoms with E-state index in [9.17, 15) is 18.0 Å². The standard InChI is InChI=1S/C31H38ClN3O4S/c1-7-24(5)33-31(37)25(6)34(19-26-11-13-27(32)14-12-26)30(36)20-35(28-15-10-22(3)23(4)18-28)40(38,39)29-16-8-21(2)9-17-29/h8-18,24-25H,7,19-20H2,1-6H3,(H,33,37)/t24-,25+/m1/s1. The molecule has 7 nitrogen and oxygen atoms in total. The van der Waals surface area contributed by atoms with Crippen molar-refractivity contribution in [2.24, 2.45) is 0 Å². The molecule has 0 unspecified atom stereocenters. The van der Waals surface area contributed by atoms with E-state index in [4.69, 9.17) is 11.6 Å². The highest BCUT2D eigenvalue weighted by atomic mass is 35.5. The number of amides is 2. The lowest BCUT2D eigenvalue weighted by Gasteiger charge is -2.32. The molecule has 3 aromatic carbocycles. The van der Waals surface area contributed by atoms with Gasteiger partial charge in [-0.1, -0.05) is 54.4 Å². The van der Waals surface area contributed by atoms with Gasteiger partial charge in [-0.2, -0.15) is 0 Å². The van der Waals surface area contributed by atoms with Crippen LogP contribution in [0.1, 0.15) is 49.4 Å². The molecule has 0 aliphatic rings. The van der Waals surface area contributed by atoms with Gasteiger partial charge >= 0.3 is 0 Å². The molecular formula is C31H38ClN3O4S. The highest BCUT2D eigenvalue weighted by Gasteiger charge is 2.33. The molecule has 0 fully saturated rings. The largest absolute Gasteiger partial charge is 0.352 e. The molecule has 2 atom stereocenters. The van der Waals surface area contributed by atoms with Gasteiger partial charge in [0.2, 0.25) is 11.8 Å². The van der Waals surface area contributed by atoms with Crippen LogP contribution in [0.5, 0.6) is 0 Å². The minimum Gasteiger partial charge on any atom is -0.352 e. The minimum absolute atomic E-state index is 0.0728. The van der Waals surface area contributed by atoms with Gasteiger partial charge in [0.1, 0.15) is 12.6 Å². The average Bonchev–Trinajstić information content (AvgIpc) is 2.92. The zero-order chi connectivity index (χ0) is 29.6. The van der Waals surface area contributed by atoms with Crippen LogP contribution in [-0.4, -0.2) is 43.8 Å². The van der Waals surface area contributed by atoms with Gasteiger partial charge in [-0.15, -0.1) is 0 Å². The number of halogens is 1. The molecule has 0 aliphatic heterocycles. The molecule has 1 N–H and O–H groups in total. The van der Waals surface area contributed by atoms with Crippen molar-refractivity contribution >= 4 is 39.1 Å². The van der Waals surface area contributed by atoms with Crippen molar-refractivity contribution in [3.05, 3.63) is 94.0 Å². The number of anilines is 1. The number of carbonyl (C=O) groups is 2. The summed E-state index contributed by atoms with van der Waals surface area (Å²) in [4.78, 5) is 28.6. The first-order valence-corrected chi connectivity index (χ1v) is 15.2. The third-order valence-corrected chi connectivity index (χ3v) is 9.14. The van der Waals surface area contributed by atoms with Crippen LogP contribution < -0.4 is 9.62 Å². The van der Waals surface area contributed by atoms with Crippen molar-refractivity contribution in [3.8, 4) is 0 Å². The Kier molecular flexibility index (Phi) is 10.4. The Bertz CT molecular complexity index is 1440. The summed E-state index contributed by atoms with van der Waals surface area (Å²) in [7, 11) is -4.11. The van der Waals surface area contributed by atoms with Gasteiger partial charge in [0.15, 0.2) is 0 Å². The first-order valence-electron chi connectivity index (χ1n) is 13.3. The van der Waals surface area contributed by atoms with Crippen LogP contribution in [0.3, 0.4) is 0 Å². The summed E-state index contributed by atoms with van der Waals surface area (Å²) in [5.41, 5.74) is 3.96. The summed E-state index contributed by atoms with van der Waals surface area (Å²) < 4.78 is 29.0. The second-order valence-corrected chi connectivity index (χ2v) is 12.5. The summed E-state index contributed by atoms with van der Waals surface area (Å²) in [5.74, 6) is -0.813. The molecule has 0 radical (unpaired) electrons. The van der Waals surface area contributed by atoms with E-state index < -0.39 is 28.5 Å². The number of sulfonamides is 1. The van der Waals surface area contributed by atoms with Gasteiger partial charge < -0.3 is 10.2 Å². The SMILES string of the molecule is CC[C@@H](C)NC(=O)[C@H](C)N(Cc1ccc(Cl)cc1)C(=O)CN(c1ccc(C)c(C)c1)S(=O)(=O)c1ccc(C)cc1. The van der Waals surface area contributed by atoms with Gasteiger partial charge in [-0.25, -0.2) is 8.42 Å². The van der Waals surface area contributed by atoms with E-state index in [0.29, 0.717) is 10.7 Å². The van der Waals surface area contributed by atoms with E-state index in [0.717, 1.165) is 33.0 Å². The molecule has 3 rings (SSSR count). The van der Waals surface area contributed by atoms with Crippen LogP contribution in [0.15, 0.2) is 71.6 Å². The van der Waals surface area contributed by atoms with Crippen molar-refractivity contribution in [1.29, 1.82) is 0 Å². The molecule has 3 aromatic rings. The zero-order valence-electron chi connectivity index (χ0n) is 23.9. The van der Waals surface area contributed by atoms with Gasteiger partial charge in [0.25, 0.3) is 10.0 Å². The predicted octanol–water partition coefficient (Wildman–Crippen LogP) is 5.79. The summed E-state index contributed by atoms with van der Waals surface area (Å²) in [6, 6.07) is 17.9. The van der Waals surface area contributed by atoms with E-state index in [1.54, 1.807) is 55.5 Å². The Morgan fingerprint density at radius 3 is 2.10 bits per heavy atom. The number of hydrogen-bond donors (Lipinski definition) is 1. The molecule has 0 aromatic heterocycles. The fourth-order valence-electron chi connectivity index (χ4n) is 4.08. The van der Waals surface area contributed by atoms with E-state index in [2.05, 4.69) is 5.32 Å². The van der Waals surface area contributed by atoms with Crippen LogP contribution in [0, 0.1) is 20.8 Å². The van der Waals surface area contributed by atoms with Crippen LogP contribution in [0.25, 0.3) is 0 Å². The maximum Gasteiger partial charge on any atom is 0.264 e. The number of benzene rings is 3. The van der Waals surface area contributed by atoms with Gasteiger partial charge in [-0.3, -0.25) is 13.9 Å². The molecule has 40 heavy (non-hydrogen) atoms. The van der Waals surface area contributed by atoms with Gasteiger partial charge in [-0.05, 0) is 94.1 Å². The summed E-state index contributed by atoms with van der Waals surface area (Å²) >= 11 is 6.06. The van der Waals surface area contributed by atoms with E-state index in [-0.39, 0.29) is 23.4 Å². The number of hydrogen-bond acceptors (Lipinski definition) is 4. The predicted molar refractivity (Wildman–Crippen MR) is 161 cm³/mol. The molecule has 0 saturated heterocycles. The Labute approximate surface area is 243 Å². The molecule has 2 amide bonds. The first kappa shape index (κ1) is 31.2. The molecule has 9 heteroatoms. The van der Waals surface area contributed by atoms with E-state index in [1.165, 1.54) is 17.0 Å². The van der Waals surface area contributed by atoms with Gasteiger partial charge in [0.05, 0.1) is 10.6 Å². The maximum absolute atomic E-state index is 14.0. The monoisotopic (exact) mass is 583 g/mol. The molecule has 0 aliphatic carbocycles. The quantitative estimate of drug-likeness (QED) is 0.309. The van der Waals surface area contributed by atoms with Crippen LogP contribution >= 0.6 is 11.6 Å². The fraction of sp³-hybridized carbons (Fsp3) is 0.355. The number of rotatable bonds is 11. The summed E-state index contributed by atoms with van der Waals surface area (Å²) in [5, 5.41) is 3.48. The van der Waals surface area contributed by atoms with Crippen molar-refractivity contribution in [2.75, 3.05) is 10.8 Å². The molecule has 0 bridgehead atoms. The highest BCUT2D eigenvalue weighted by molar-refractivity contribution is 7.92. The van der Waals surface area contributed by atoms with Crippen molar-refractivity contribution < 1.29 is 18.0 Å². The third-order valence-electron chi connectivity index (χ3n) is 7.10. The number of carbonyl (C=O) groups excluding carboxylic acids is 2. The van der Waals surface area contributed by atoms with Crippen LogP contribution in [-0.2, 0) is 26.2 Å². The number of aryl methyl sites for hydroxylation is 3.